The number of carbonyl (C=O) groups excluding carboxylic acids is 1. The minimum absolute atomic E-state index is 0. The summed E-state index contributed by atoms with van der Waals surface area (Å²) in [5.74, 6) is 0.889. The van der Waals surface area contributed by atoms with E-state index in [4.69, 9.17) is 0 Å². The molecule has 0 bridgehead atoms. The minimum atomic E-state index is -0.111. The number of aliphatic imine (C=N–C) groups is 1. The Balaban J connectivity index is 0.00000338. The van der Waals surface area contributed by atoms with Crippen LogP contribution in [0.15, 0.2) is 22.5 Å². The van der Waals surface area contributed by atoms with Crippen molar-refractivity contribution in [2.24, 2.45) is 4.99 Å². The Kier molecular flexibility index (Phi) is 11.7. The average molecular weight is 494 g/mol. The lowest BCUT2D eigenvalue weighted by Crippen LogP contribution is -2.52. The van der Waals surface area contributed by atoms with Crippen LogP contribution in [0.2, 0.25) is 0 Å². The van der Waals surface area contributed by atoms with Gasteiger partial charge in [0, 0.05) is 46.2 Å². The van der Waals surface area contributed by atoms with Crippen molar-refractivity contribution in [1.29, 1.82) is 0 Å². The second-order valence-electron chi connectivity index (χ2n) is 6.14. The minimum Gasteiger partial charge on any atom is -0.469 e. The van der Waals surface area contributed by atoms with Crippen molar-refractivity contribution in [1.82, 2.24) is 10.2 Å². The molecule has 0 radical (unpaired) electrons. The predicted molar refractivity (Wildman–Crippen MR) is 120 cm³/mol. The maximum Gasteiger partial charge on any atom is 0.305 e. The van der Waals surface area contributed by atoms with Crippen LogP contribution in [0.25, 0.3) is 0 Å². The normalized spacial score (nSPS) is 14.8. The van der Waals surface area contributed by atoms with E-state index in [9.17, 15) is 4.79 Å². The van der Waals surface area contributed by atoms with Crippen LogP contribution in [0, 0.1) is 0 Å². The van der Waals surface area contributed by atoms with E-state index in [1.807, 2.05) is 7.05 Å². The summed E-state index contributed by atoms with van der Waals surface area (Å²) < 4.78 is 4.65. The molecule has 26 heavy (non-hydrogen) atoms. The average Bonchev–Trinajstić information content (AvgIpc) is 3.19. The number of thiophene rings is 1. The summed E-state index contributed by atoms with van der Waals surface area (Å²) in [5, 5.41) is 6.96. The molecule has 1 saturated heterocycles. The highest BCUT2D eigenvalue weighted by Gasteiger charge is 2.19. The van der Waals surface area contributed by atoms with E-state index >= 15 is 0 Å². The Morgan fingerprint density at radius 2 is 1.96 bits per heavy atom. The van der Waals surface area contributed by atoms with Gasteiger partial charge in [-0.1, -0.05) is 12.8 Å². The molecule has 6 nitrogen and oxygen atoms in total. The Hall–Kier alpha value is -1.03. The van der Waals surface area contributed by atoms with Gasteiger partial charge in [-0.05, 0) is 30.4 Å². The van der Waals surface area contributed by atoms with E-state index < -0.39 is 0 Å². The fourth-order valence-corrected chi connectivity index (χ4v) is 3.76. The predicted octanol–water partition coefficient (Wildman–Crippen LogP) is 3.19. The number of ether oxygens (including phenoxy) is 1. The molecule has 0 atom stereocenters. The topological polar surface area (TPSA) is 57.2 Å². The van der Waals surface area contributed by atoms with Gasteiger partial charge in [-0.15, -0.1) is 35.3 Å². The lowest BCUT2D eigenvalue weighted by molar-refractivity contribution is -0.140. The van der Waals surface area contributed by atoms with Crippen LogP contribution in [-0.2, 0) is 9.53 Å². The monoisotopic (exact) mass is 494 g/mol. The summed E-state index contributed by atoms with van der Waals surface area (Å²) in [6, 6.07) is 4.30. The van der Waals surface area contributed by atoms with E-state index in [1.54, 1.807) is 11.3 Å². The Bertz CT molecular complexity index is 531. The van der Waals surface area contributed by atoms with E-state index in [1.165, 1.54) is 12.1 Å². The second kappa shape index (κ2) is 13.2. The van der Waals surface area contributed by atoms with Crippen molar-refractivity contribution in [3.63, 3.8) is 0 Å². The first-order valence-corrected chi connectivity index (χ1v) is 9.93. The molecule has 148 valence electrons. The highest BCUT2D eigenvalue weighted by atomic mass is 127. The number of hydrogen-bond acceptors (Lipinski definition) is 5. The fourth-order valence-electron chi connectivity index (χ4n) is 2.97. The number of halogens is 1. The third-order valence-electron chi connectivity index (χ3n) is 4.43. The molecule has 0 amide bonds. The Morgan fingerprint density at radius 3 is 2.58 bits per heavy atom. The van der Waals surface area contributed by atoms with Crippen LogP contribution in [0.1, 0.15) is 32.1 Å². The third-order valence-corrected chi connectivity index (χ3v) is 5.36. The summed E-state index contributed by atoms with van der Waals surface area (Å²) in [4.78, 5) is 20.2. The summed E-state index contributed by atoms with van der Waals surface area (Å²) in [7, 11) is 3.29. The third kappa shape index (κ3) is 7.69. The summed E-state index contributed by atoms with van der Waals surface area (Å²) >= 11 is 1.80. The highest BCUT2D eigenvalue weighted by molar-refractivity contribution is 14.0. The van der Waals surface area contributed by atoms with Crippen LogP contribution in [0.3, 0.4) is 0 Å². The summed E-state index contributed by atoms with van der Waals surface area (Å²) in [6.45, 7) is 4.99. The van der Waals surface area contributed by atoms with Crippen molar-refractivity contribution in [3.8, 4) is 0 Å². The van der Waals surface area contributed by atoms with Gasteiger partial charge >= 0.3 is 5.97 Å². The molecular weight excluding hydrogens is 463 g/mol. The van der Waals surface area contributed by atoms with E-state index in [0.717, 1.165) is 64.4 Å². The largest absolute Gasteiger partial charge is 0.469 e. The Morgan fingerprint density at radius 1 is 1.23 bits per heavy atom. The number of nitrogens with zero attached hydrogens (tertiary/aromatic N) is 3. The molecule has 0 spiro atoms. The molecule has 2 rings (SSSR count). The summed E-state index contributed by atoms with van der Waals surface area (Å²) in [6.07, 6.45) is 4.71. The number of hydrogen-bond donors (Lipinski definition) is 1. The molecule has 0 saturated carbocycles. The first kappa shape index (κ1) is 23.0. The number of carbonyl (C=O) groups is 1. The van der Waals surface area contributed by atoms with E-state index in [0.29, 0.717) is 6.42 Å². The molecule has 2 heterocycles. The van der Waals surface area contributed by atoms with Gasteiger partial charge in [-0.3, -0.25) is 9.79 Å². The molecule has 1 aromatic heterocycles. The highest BCUT2D eigenvalue weighted by Crippen LogP contribution is 2.22. The van der Waals surface area contributed by atoms with Crippen LogP contribution in [0.5, 0.6) is 0 Å². The number of methoxy groups -OCH3 is 1. The zero-order chi connectivity index (χ0) is 17.9. The first-order valence-electron chi connectivity index (χ1n) is 9.05. The number of nitrogens with one attached hydrogen (secondary N) is 1. The standard InChI is InChI=1S/C18H30N4O2S.HI/c1-19-18(20-10-6-4-3-5-9-17(23)24-2)22-13-11-21(12-14-22)16-8-7-15-25-16;/h7-8,15H,3-6,9-14H2,1-2H3,(H,19,20);1H. The van der Waals surface area contributed by atoms with Crippen molar-refractivity contribution in [2.75, 3.05) is 51.8 Å². The molecule has 1 aliphatic heterocycles. The van der Waals surface area contributed by atoms with Crippen LogP contribution in [0.4, 0.5) is 5.00 Å². The van der Waals surface area contributed by atoms with Crippen LogP contribution in [-0.4, -0.2) is 63.7 Å². The zero-order valence-corrected chi connectivity index (χ0v) is 18.9. The number of anilines is 1. The van der Waals surface area contributed by atoms with E-state index in [-0.39, 0.29) is 29.9 Å². The molecule has 0 unspecified atom stereocenters. The smallest absolute Gasteiger partial charge is 0.305 e. The number of rotatable bonds is 8. The first-order chi connectivity index (χ1) is 12.2. The molecule has 1 fully saturated rings. The molecule has 8 heteroatoms. The van der Waals surface area contributed by atoms with Gasteiger partial charge in [-0.25, -0.2) is 0 Å². The lowest BCUT2D eigenvalue weighted by atomic mass is 10.1. The van der Waals surface area contributed by atoms with Gasteiger partial charge in [0.2, 0.25) is 0 Å². The van der Waals surface area contributed by atoms with Gasteiger partial charge < -0.3 is 19.9 Å². The van der Waals surface area contributed by atoms with E-state index in [2.05, 4.69) is 42.4 Å². The number of unbranched alkanes of at least 4 members (excludes halogenated alkanes) is 3. The SMILES string of the molecule is CN=C(NCCCCCCC(=O)OC)N1CCN(c2cccs2)CC1.I. The zero-order valence-electron chi connectivity index (χ0n) is 15.8. The van der Waals surface area contributed by atoms with Crippen molar-refractivity contribution >= 4 is 52.2 Å². The number of guanidine groups is 1. The number of esters is 1. The van der Waals surface area contributed by atoms with Gasteiger partial charge in [0.05, 0.1) is 12.1 Å². The van der Waals surface area contributed by atoms with Crippen molar-refractivity contribution < 1.29 is 9.53 Å². The quantitative estimate of drug-likeness (QED) is 0.198. The van der Waals surface area contributed by atoms with Gasteiger partial charge in [-0.2, -0.15) is 0 Å². The second-order valence-corrected chi connectivity index (χ2v) is 7.07. The fraction of sp³-hybridized carbons (Fsp3) is 0.667. The Labute approximate surface area is 178 Å². The van der Waals surface area contributed by atoms with Crippen LogP contribution < -0.4 is 10.2 Å². The van der Waals surface area contributed by atoms with Gasteiger partial charge in [0.25, 0.3) is 0 Å². The lowest BCUT2D eigenvalue weighted by Gasteiger charge is -2.37. The van der Waals surface area contributed by atoms with Gasteiger partial charge in [0.15, 0.2) is 5.96 Å². The molecule has 1 aromatic rings. The van der Waals surface area contributed by atoms with Crippen molar-refractivity contribution in [2.45, 2.75) is 32.1 Å². The number of piperazine rings is 1. The maximum absolute atomic E-state index is 11.0. The van der Waals surface area contributed by atoms with Crippen LogP contribution >= 0.6 is 35.3 Å². The molecule has 0 aromatic carbocycles. The maximum atomic E-state index is 11.0. The molecule has 1 aliphatic rings. The molecule has 1 N–H and O–H groups in total. The molecular formula is C18H31IN4O2S. The summed E-state index contributed by atoms with van der Waals surface area (Å²) in [5.41, 5.74) is 0. The van der Waals surface area contributed by atoms with Gasteiger partial charge in [0.1, 0.15) is 0 Å². The molecule has 0 aliphatic carbocycles. The van der Waals surface area contributed by atoms with Crippen molar-refractivity contribution in [3.05, 3.63) is 17.5 Å².